The van der Waals surface area contributed by atoms with E-state index >= 15 is 0 Å². The number of nitrogens with zero attached hydrogens (tertiary/aromatic N) is 1. The van der Waals surface area contributed by atoms with Crippen LogP contribution in [0.1, 0.15) is 35.6 Å². The van der Waals surface area contributed by atoms with Gasteiger partial charge in [-0.15, -0.1) is 0 Å². The Morgan fingerprint density at radius 1 is 1.06 bits per heavy atom. The summed E-state index contributed by atoms with van der Waals surface area (Å²) in [5, 5.41) is 9.85. The minimum atomic E-state index is -1.31. The number of halogens is 2. The summed E-state index contributed by atoms with van der Waals surface area (Å²) in [5.41, 5.74) is 4.63. The summed E-state index contributed by atoms with van der Waals surface area (Å²) in [4.78, 5) is 26.2. The fourth-order valence-electron chi connectivity index (χ4n) is 4.25. The number of fused-ring (bicyclic) bond motifs is 3. The van der Waals surface area contributed by atoms with Gasteiger partial charge in [0.2, 0.25) is 0 Å². The average Bonchev–Trinajstić information content (AvgIpc) is 3.10. The number of carboxylic acid groups (broad SMARTS) is 1. The molecule has 5 nitrogen and oxygen atoms in total. The molecule has 0 aliphatic heterocycles. The van der Waals surface area contributed by atoms with Crippen molar-refractivity contribution in [2.45, 2.75) is 18.9 Å². The van der Waals surface area contributed by atoms with Gasteiger partial charge in [0.1, 0.15) is 12.4 Å². The predicted molar refractivity (Wildman–Crippen MR) is 122 cm³/mol. The van der Waals surface area contributed by atoms with Gasteiger partial charge in [0.15, 0.2) is 6.04 Å². The maximum Gasteiger partial charge on any atom is 0.410 e. The van der Waals surface area contributed by atoms with Crippen LogP contribution in [0.15, 0.2) is 71.2 Å². The maximum absolute atomic E-state index is 13.5. The molecule has 1 unspecified atom stereocenters. The summed E-state index contributed by atoms with van der Waals surface area (Å²) >= 11 is 3.21. The summed E-state index contributed by atoms with van der Waals surface area (Å²) in [6.45, 7) is 1.87. The summed E-state index contributed by atoms with van der Waals surface area (Å²) < 4.78 is 19.4. The molecular weight excluding hydrogens is 477 g/mol. The average molecular weight is 498 g/mol. The molecule has 3 aromatic carbocycles. The number of carbonyl (C=O) groups is 2. The smallest absolute Gasteiger partial charge is 0.410 e. The third-order valence-corrected chi connectivity index (χ3v) is 6.40. The number of hydrogen-bond donors (Lipinski definition) is 1. The van der Waals surface area contributed by atoms with Gasteiger partial charge in [0, 0.05) is 22.5 Å². The van der Waals surface area contributed by atoms with Crippen LogP contribution in [0.5, 0.6) is 0 Å². The van der Waals surface area contributed by atoms with Gasteiger partial charge in [0.25, 0.3) is 0 Å². The molecule has 7 heteroatoms. The van der Waals surface area contributed by atoms with Gasteiger partial charge < -0.3 is 9.84 Å². The molecule has 164 valence electrons. The number of hydrogen-bond acceptors (Lipinski definition) is 3. The van der Waals surface area contributed by atoms with Gasteiger partial charge in [-0.05, 0) is 41.3 Å². The lowest BCUT2D eigenvalue weighted by Crippen LogP contribution is -2.40. The van der Waals surface area contributed by atoms with E-state index in [0.29, 0.717) is 0 Å². The molecule has 0 aromatic heterocycles. The van der Waals surface area contributed by atoms with Crippen molar-refractivity contribution in [3.05, 3.63) is 93.7 Å². The van der Waals surface area contributed by atoms with E-state index in [0.717, 1.165) is 27.2 Å². The lowest BCUT2D eigenvalue weighted by Gasteiger charge is -2.28. The zero-order valence-corrected chi connectivity index (χ0v) is 18.9. The van der Waals surface area contributed by atoms with Gasteiger partial charge in [-0.3, -0.25) is 4.90 Å². The SMILES string of the molecule is CCN(C(=O)OCC1c2ccccc2-c2ccccc21)C(C(=O)O)c1ccc(F)cc1Br. The normalized spacial score (nSPS) is 13.2. The van der Waals surface area contributed by atoms with Crippen LogP contribution in [0.3, 0.4) is 0 Å². The molecule has 0 radical (unpaired) electrons. The lowest BCUT2D eigenvalue weighted by atomic mass is 9.98. The first-order valence-electron chi connectivity index (χ1n) is 10.2. The Hall–Kier alpha value is -3.19. The number of aliphatic carboxylic acids is 1. The van der Waals surface area contributed by atoms with E-state index in [1.807, 2.05) is 48.5 Å². The van der Waals surface area contributed by atoms with E-state index < -0.39 is 23.9 Å². The molecule has 4 rings (SSSR count). The Morgan fingerprint density at radius 3 is 2.19 bits per heavy atom. The minimum Gasteiger partial charge on any atom is -0.479 e. The van der Waals surface area contributed by atoms with Gasteiger partial charge in [0.05, 0.1) is 0 Å². The highest BCUT2D eigenvalue weighted by Crippen LogP contribution is 2.44. The molecule has 0 saturated carbocycles. The molecule has 0 bridgehead atoms. The van der Waals surface area contributed by atoms with Crippen molar-refractivity contribution in [1.29, 1.82) is 0 Å². The first-order chi connectivity index (χ1) is 15.4. The molecule has 3 aromatic rings. The van der Waals surface area contributed by atoms with Crippen molar-refractivity contribution in [2.75, 3.05) is 13.2 Å². The zero-order chi connectivity index (χ0) is 22.8. The van der Waals surface area contributed by atoms with Gasteiger partial charge in [-0.1, -0.05) is 70.5 Å². The highest BCUT2D eigenvalue weighted by molar-refractivity contribution is 9.10. The van der Waals surface area contributed by atoms with Crippen molar-refractivity contribution < 1.29 is 23.8 Å². The second-order valence-corrected chi connectivity index (χ2v) is 8.35. The number of ether oxygens (including phenoxy) is 1. The number of carbonyl (C=O) groups excluding carboxylic acids is 1. The van der Waals surface area contributed by atoms with Crippen molar-refractivity contribution in [1.82, 2.24) is 4.90 Å². The van der Waals surface area contributed by atoms with Crippen LogP contribution in [0, 0.1) is 5.82 Å². The van der Waals surface area contributed by atoms with Crippen LogP contribution in [-0.2, 0) is 9.53 Å². The number of likely N-dealkylation sites (N-methyl/N-ethyl adjacent to an activating group) is 1. The molecule has 1 aliphatic carbocycles. The minimum absolute atomic E-state index is 0.0836. The second kappa shape index (κ2) is 9.12. The Kier molecular flexibility index (Phi) is 6.28. The third kappa shape index (κ3) is 4.00. The standard InChI is InChI=1S/C25H21BrFNO4/c1-2-28(23(24(29)30)20-12-11-15(27)13-22(20)26)25(31)32-14-21-18-9-5-3-7-16(18)17-8-4-6-10-19(17)21/h3-13,21,23H,2,14H2,1H3,(H,29,30). The molecule has 0 heterocycles. The first kappa shape index (κ1) is 22.0. The molecular formula is C25H21BrFNO4. The summed E-state index contributed by atoms with van der Waals surface area (Å²) in [6.07, 6.45) is -0.738. The predicted octanol–water partition coefficient (Wildman–Crippen LogP) is 5.98. The number of amides is 1. The van der Waals surface area contributed by atoms with Crippen molar-refractivity contribution >= 4 is 28.0 Å². The Labute approximate surface area is 193 Å². The van der Waals surface area contributed by atoms with Gasteiger partial charge in [-0.25, -0.2) is 14.0 Å². The van der Waals surface area contributed by atoms with E-state index in [1.165, 1.54) is 18.2 Å². The van der Waals surface area contributed by atoms with Gasteiger partial charge >= 0.3 is 12.1 Å². The van der Waals surface area contributed by atoms with Crippen molar-refractivity contribution in [2.24, 2.45) is 0 Å². The quantitative estimate of drug-likeness (QED) is 0.454. The van der Waals surface area contributed by atoms with Gasteiger partial charge in [-0.2, -0.15) is 0 Å². The van der Waals surface area contributed by atoms with Crippen LogP contribution < -0.4 is 0 Å². The fourth-order valence-corrected chi connectivity index (χ4v) is 4.82. The van der Waals surface area contributed by atoms with Crippen LogP contribution in [0.25, 0.3) is 11.1 Å². The van der Waals surface area contributed by atoms with E-state index in [9.17, 15) is 19.1 Å². The highest BCUT2D eigenvalue weighted by atomic mass is 79.9. The van der Waals surface area contributed by atoms with E-state index in [2.05, 4.69) is 15.9 Å². The second-order valence-electron chi connectivity index (χ2n) is 7.50. The summed E-state index contributed by atoms with van der Waals surface area (Å²) in [5.74, 6) is -1.87. The first-order valence-corrected chi connectivity index (χ1v) is 11.0. The van der Waals surface area contributed by atoms with E-state index in [4.69, 9.17) is 4.74 Å². The third-order valence-electron chi connectivity index (χ3n) is 5.71. The van der Waals surface area contributed by atoms with Crippen LogP contribution >= 0.6 is 15.9 Å². The van der Waals surface area contributed by atoms with Crippen molar-refractivity contribution in [3.63, 3.8) is 0 Å². The van der Waals surface area contributed by atoms with Crippen LogP contribution in [0.4, 0.5) is 9.18 Å². The molecule has 32 heavy (non-hydrogen) atoms. The lowest BCUT2D eigenvalue weighted by molar-refractivity contribution is -0.143. The van der Waals surface area contributed by atoms with E-state index in [1.54, 1.807) is 6.92 Å². The highest BCUT2D eigenvalue weighted by Gasteiger charge is 2.34. The monoisotopic (exact) mass is 497 g/mol. The molecule has 0 fully saturated rings. The summed E-state index contributed by atoms with van der Waals surface area (Å²) in [6, 6.07) is 18.3. The Morgan fingerprint density at radius 2 is 1.66 bits per heavy atom. The van der Waals surface area contributed by atoms with Crippen LogP contribution in [0.2, 0.25) is 0 Å². The largest absolute Gasteiger partial charge is 0.479 e. The number of carboxylic acids is 1. The topological polar surface area (TPSA) is 66.8 Å². The molecule has 0 saturated heterocycles. The molecule has 1 atom stereocenters. The van der Waals surface area contributed by atoms with Crippen LogP contribution in [-0.4, -0.2) is 35.2 Å². The number of benzene rings is 3. The summed E-state index contributed by atoms with van der Waals surface area (Å²) in [7, 11) is 0. The Bertz CT molecular complexity index is 1140. The van der Waals surface area contributed by atoms with Crippen molar-refractivity contribution in [3.8, 4) is 11.1 Å². The molecule has 1 aliphatic rings. The molecule has 0 spiro atoms. The van der Waals surface area contributed by atoms with E-state index in [-0.39, 0.29) is 29.1 Å². The number of rotatable bonds is 6. The fraction of sp³-hybridized carbons (Fsp3) is 0.200. The maximum atomic E-state index is 13.5. The molecule has 1 amide bonds. The molecule has 1 N–H and O–H groups in total. The Balaban J connectivity index is 1.58. The zero-order valence-electron chi connectivity index (χ0n) is 17.3.